The van der Waals surface area contributed by atoms with Crippen LogP contribution in [0.2, 0.25) is 0 Å². The molecule has 0 fully saturated rings. The summed E-state index contributed by atoms with van der Waals surface area (Å²) < 4.78 is 53.4. The van der Waals surface area contributed by atoms with E-state index in [4.69, 9.17) is 9.47 Å². The van der Waals surface area contributed by atoms with Gasteiger partial charge in [0.2, 0.25) is 11.8 Å². The highest BCUT2D eigenvalue weighted by Crippen LogP contribution is 2.32. The third-order valence-corrected chi connectivity index (χ3v) is 8.19. The Hall–Kier alpha value is -4.12. The molecule has 0 spiro atoms. The van der Waals surface area contributed by atoms with E-state index in [1.807, 2.05) is 51.1 Å². The Bertz CT molecular complexity index is 1470. The number of nitrogens with one attached hydrogen (secondary N) is 1. The highest BCUT2D eigenvalue weighted by atomic mass is 32.2. The highest BCUT2D eigenvalue weighted by molar-refractivity contribution is 7.92. The summed E-state index contributed by atoms with van der Waals surface area (Å²) in [5.74, 6) is -1.03. The number of ether oxygens (including phenoxy) is 2. The molecule has 3 aromatic carbocycles. The second-order valence-corrected chi connectivity index (χ2v) is 12.5. The van der Waals surface area contributed by atoms with Gasteiger partial charge in [-0.1, -0.05) is 37.3 Å². The Balaban J connectivity index is 2.09. The van der Waals surface area contributed by atoms with E-state index in [0.29, 0.717) is 12.2 Å². The van der Waals surface area contributed by atoms with Gasteiger partial charge in [-0.2, -0.15) is 0 Å². The number of carbonyl (C=O) groups is 2. The first kappa shape index (κ1) is 32.4. The number of hydrogen-bond acceptors (Lipinski definition) is 6. The van der Waals surface area contributed by atoms with Crippen LogP contribution in [-0.4, -0.2) is 57.5 Å². The van der Waals surface area contributed by atoms with Gasteiger partial charge in [0, 0.05) is 18.2 Å². The van der Waals surface area contributed by atoms with Crippen molar-refractivity contribution in [1.29, 1.82) is 0 Å². The van der Waals surface area contributed by atoms with Gasteiger partial charge in [-0.15, -0.1) is 0 Å². The van der Waals surface area contributed by atoms with Crippen LogP contribution in [0, 0.1) is 5.82 Å². The Labute approximate surface area is 247 Å². The van der Waals surface area contributed by atoms with Gasteiger partial charge in [0.25, 0.3) is 10.0 Å². The van der Waals surface area contributed by atoms with Crippen LogP contribution in [-0.2, 0) is 26.2 Å². The minimum Gasteiger partial charge on any atom is -0.493 e. The largest absolute Gasteiger partial charge is 0.493 e. The van der Waals surface area contributed by atoms with Crippen molar-refractivity contribution in [3.63, 3.8) is 0 Å². The van der Waals surface area contributed by atoms with E-state index >= 15 is 0 Å². The fourth-order valence-electron chi connectivity index (χ4n) is 4.39. The van der Waals surface area contributed by atoms with Crippen LogP contribution in [0.15, 0.2) is 77.7 Å². The van der Waals surface area contributed by atoms with Crippen LogP contribution < -0.4 is 19.1 Å². The minimum atomic E-state index is -4.38. The zero-order chi connectivity index (χ0) is 31.1. The number of sulfonamides is 1. The fourth-order valence-corrected chi connectivity index (χ4v) is 5.82. The number of benzene rings is 3. The van der Waals surface area contributed by atoms with Crippen molar-refractivity contribution >= 4 is 27.5 Å². The molecule has 11 heteroatoms. The van der Waals surface area contributed by atoms with E-state index in [1.54, 1.807) is 6.92 Å². The summed E-state index contributed by atoms with van der Waals surface area (Å²) in [6.07, 6.45) is 0.291. The molecule has 226 valence electrons. The van der Waals surface area contributed by atoms with Gasteiger partial charge in [-0.3, -0.25) is 13.9 Å². The van der Waals surface area contributed by atoms with Crippen molar-refractivity contribution in [3.8, 4) is 11.5 Å². The molecule has 42 heavy (non-hydrogen) atoms. The van der Waals surface area contributed by atoms with E-state index in [9.17, 15) is 22.4 Å². The summed E-state index contributed by atoms with van der Waals surface area (Å²) in [6, 6.07) is 17.1. The Kier molecular flexibility index (Phi) is 10.6. The lowest BCUT2D eigenvalue weighted by molar-refractivity contribution is -0.141. The lowest BCUT2D eigenvalue weighted by atomic mass is 10.1. The van der Waals surface area contributed by atoms with Crippen LogP contribution in [0.1, 0.15) is 39.7 Å². The number of anilines is 1. The number of hydrogen-bond donors (Lipinski definition) is 1. The van der Waals surface area contributed by atoms with Crippen molar-refractivity contribution in [1.82, 2.24) is 10.2 Å². The molecule has 0 aromatic heterocycles. The molecule has 1 atom stereocenters. The summed E-state index contributed by atoms with van der Waals surface area (Å²) in [4.78, 5) is 28.7. The first-order valence-corrected chi connectivity index (χ1v) is 14.9. The number of carbonyl (C=O) groups excluding carboxylic acids is 2. The van der Waals surface area contributed by atoms with E-state index in [-0.39, 0.29) is 28.8 Å². The summed E-state index contributed by atoms with van der Waals surface area (Å²) in [7, 11) is -1.57. The quantitative estimate of drug-likeness (QED) is 0.322. The second-order valence-electron chi connectivity index (χ2n) is 10.7. The van der Waals surface area contributed by atoms with Gasteiger partial charge in [0.1, 0.15) is 18.4 Å². The molecule has 0 radical (unpaired) electrons. The van der Waals surface area contributed by atoms with E-state index < -0.39 is 39.9 Å². The summed E-state index contributed by atoms with van der Waals surface area (Å²) in [5.41, 5.74) is 0.290. The van der Waals surface area contributed by atoms with Gasteiger partial charge in [-0.05, 0) is 69.2 Å². The molecule has 9 nitrogen and oxygen atoms in total. The maximum Gasteiger partial charge on any atom is 0.264 e. The molecule has 0 saturated heterocycles. The third kappa shape index (κ3) is 8.00. The van der Waals surface area contributed by atoms with Crippen molar-refractivity contribution < 1.29 is 31.9 Å². The Morgan fingerprint density at radius 3 is 2.10 bits per heavy atom. The molecule has 3 aromatic rings. The summed E-state index contributed by atoms with van der Waals surface area (Å²) in [6.45, 7) is 6.74. The molecule has 0 saturated carbocycles. The number of halogens is 1. The second kappa shape index (κ2) is 13.7. The van der Waals surface area contributed by atoms with Gasteiger partial charge in [-0.25, -0.2) is 12.8 Å². The van der Waals surface area contributed by atoms with Crippen LogP contribution in [0.25, 0.3) is 0 Å². The lowest BCUT2D eigenvalue weighted by Crippen LogP contribution is -2.55. The molecule has 0 heterocycles. The normalized spacial score (nSPS) is 12.3. The Morgan fingerprint density at radius 2 is 1.55 bits per heavy atom. The number of rotatable bonds is 12. The van der Waals surface area contributed by atoms with Crippen LogP contribution in [0.5, 0.6) is 11.5 Å². The SMILES string of the molecule is CC[C@H](C(=O)NC(C)(C)C)N(Cc1ccccc1)C(=O)CN(c1ccc(F)cc1)S(=O)(=O)c1ccc(OC)c(OC)c1. The third-order valence-electron chi connectivity index (χ3n) is 6.42. The average Bonchev–Trinajstić information content (AvgIpc) is 2.95. The summed E-state index contributed by atoms with van der Waals surface area (Å²) >= 11 is 0. The predicted octanol–water partition coefficient (Wildman–Crippen LogP) is 4.76. The van der Waals surface area contributed by atoms with Crippen LogP contribution in [0.3, 0.4) is 0 Å². The molecular formula is C31H38FN3O6S. The van der Waals surface area contributed by atoms with Crippen molar-refractivity contribution in [2.75, 3.05) is 25.1 Å². The number of nitrogens with zero attached hydrogens (tertiary/aromatic N) is 2. The van der Waals surface area contributed by atoms with E-state index in [1.165, 1.54) is 49.5 Å². The Morgan fingerprint density at radius 1 is 0.929 bits per heavy atom. The first-order valence-electron chi connectivity index (χ1n) is 13.5. The lowest BCUT2D eigenvalue weighted by Gasteiger charge is -2.34. The maximum absolute atomic E-state index is 14.1. The van der Waals surface area contributed by atoms with E-state index in [0.717, 1.165) is 22.0 Å². The molecule has 0 aliphatic heterocycles. The highest BCUT2D eigenvalue weighted by Gasteiger charge is 2.35. The van der Waals surface area contributed by atoms with Crippen LogP contribution in [0.4, 0.5) is 10.1 Å². The van der Waals surface area contributed by atoms with Gasteiger partial charge >= 0.3 is 0 Å². The standard InChI is InChI=1S/C31H38FN3O6S/c1-7-26(30(37)33-31(2,3)4)34(20-22-11-9-8-10-12-22)29(36)21-35(24-15-13-23(32)14-16-24)42(38,39)25-17-18-27(40-5)28(19-25)41-6/h8-19,26H,7,20-21H2,1-6H3,(H,33,37)/t26-/m1/s1. The zero-order valence-corrected chi connectivity index (χ0v) is 25.6. The molecule has 1 N–H and O–H groups in total. The average molecular weight is 600 g/mol. The molecule has 3 rings (SSSR count). The van der Waals surface area contributed by atoms with E-state index in [2.05, 4.69) is 5.32 Å². The van der Waals surface area contributed by atoms with Gasteiger partial charge < -0.3 is 19.7 Å². The fraction of sp³-hybridized carbons (Fsp3) is 0.355. The minimum absolute atomic E-state index is 0.0728. The molecule has 0 bridgehead atoms. The maximum atomic E-state index is 14.1. The van der Waals surface area contributed by atoms with Crippen molar-refractivity contribution in [2.45, 2.75) is 57.1 Å². The zero-order valence-electron chi connectivity index (χ0n) is 24.8. The first-order chi connectivity index (χ1) is 19.8. The van der Waals surface area contributed by atoms with Crippen molar-refractivity contribution in [3.05, 3.63) is 84.2 Å². The molecular weight excluding hydrogens is 561 g/mol. The smallest absolute Gasteiger partial charge is 0.264 e. The molecule has 0 unspecified atom stereocenters. The monoisotopic (exact) mass is 599 g/mol. The predicted molar refractivity (Wildman–Crippen MR) is 159 cm³/mol. The topological polar surface area (TPSA) is 105 Å². The summed E-state index contributed by atoms with van der Waals surface area (Å²) in [5, 5.41) is 2.93. The van der Waals surface area contributed by atoms with Crippen molar-refractivity contribution in [2.24, 2.45) is 0 Å². The molecule has 2 amide bonds. The van der Waals surface area contributed by atoms with Gasteiger partial charge in [0.05, 0.1) is 24.8 Å². The molecule has 0 aliphatic carbocycles. The number of methoxy groups -OCH3 is 2. The van der Waals surface area contributed by atoms with Crippen LogP contribution >= 0.6 is 0 Å². The van der Waals surface area contributed by atoms with Gasteiger partial charge in [0.15, 0.2) is 11.5 Å². The number of amides is 2. The molecule has 0 aliphatic rings.